The minimum Gasteiger partial charge on any atom is -0.492 e. The molecule has 31 heavy (non-hydrogen) atoms. The standard InChI is InChI=1S/C20H16N6O5/c1-2-31-14-6-4-3-5-13(14)25-19-16(23-20(25)28)15(17(21)27)22-18(24-19)11-7-9-12(10-8-11)26(29)30/h3-10H,2H2,1H3,(H2,21,27)(H,23,28). The molecule has 2 heterocycles. The van der Waals surface area contributed by atoms with Gasteiger partial charge >= 0.3 is 5.69 Å². The van der Waals surface area contributed by atoms with E-state index in [9.17, 15) is 19.7 Å². The van der Waals surface area contributed by atoms with Gasteiger partial charge in [-0.25, -0.2) is 19.3 Å². The highest BCUT2D eigenvalue weighted by Gasteiger charge is 2.22. The number of nitrogens with one attached hydrogen (secondary N) is 1. The largest absolute Gasteiger partial charge is 0.492 e. The van der Waals surface area contributed by atoms with Crippen molar-refractivity contribution in [2.45, 2.75) is 6.92 Å². The first kappa shape index (κ1) is 19.8. The molecule has 4 rings (SSSR count). The summed E-state index contributed by atoms with van der Waals surface area (Å²) in [6.45, 7) is 2.19. The van der Waals surface area contributed by atoms with Gasteiger partial charge < -0.3 is 15.5 Å². The zero-order valence-corrected chi connectivity index (χ0v) is 16.2. The highest BCUT2D eigenvalue weighted by molar-refractivity contribution is 6.02. The Hall–Kier alpha value is -4.54. The maximum atomic E-state index is 12.8. The van der Waals surface area contributed by atoms with Crippen LogP contribution in [0.4, 0.5) is 5.69 Å². The Morgan fingerprint density at radius 2 is 1.90 bits per heavy atom. The molecular formula is C20H16N6O5. The number of benzene rings is 2. The SMILES string of the molecule is CCOc1ccccc1-n1c(=O)[nH]c2c(C(N)=O)nc(-c3ccc([N+](=O)[O-])cc3)nc21. The van der Waals surface area contributed by atoms with Gasteiger partial charge in [-0.1, -0.05) is 12.1 Å². The van der Waals surface area contributed by atoms with Crippen LogP contribution in [-0.2, 0) is 0 Å². The number of carbonyl (C=O) groups excluding carboxylic acids is 1. The number of aromatic nitrogens is 4. The van der Waals surface area contributed by atoms with E-state index in [2.05, 4.69) is 15.0 Å². The number of carbonyl (C=O) groups is 1. The van der Waals surface area contributed by atoms with Crippen molar-refractivity contribution >= 4 is 22.8 Å². The lowest BCUT2D eigenvalue weighted by Crippen LogP contribution is -2.16. The monoisotopic (exact) mass is 420 g/mol. The number of fused-ring (bicyclic) bond motifs is 1. The summed E-state index contributed by atoms with van der Waals surface area (Å²) in [6, 6.07) is 12.4. The van der Waals surface area contributed by atoms with Crippen LogP contribution in [0.5, 0.6) is 5.75 Å². The predicted octanol–water partition coefficient (Wildman–Crippen LogP) is 2.18. The summed E-state index contributed by atoms with van der Waals surface area (Å²) in [4.78, 5) is 46.4. The van der Waals surface area contributed by atoms with Crippen LogP contribution < -0.4 is 16.2 Å². The Labute approximate surface area is 174 Å². The number of rotatable bonds is 6. The Morgan fingerprint density at radius 3 is 2.55 bits per heavy atom. The third kappa shape index (κ3) is 3.48. The lowest BCUT2D eigenvalue weighted by Gasteiger charge is -2.11. The van der Waals surface area contributed by atoms with E-state index in [0.717, 1.165) is 0 Å². The quantitative estimate of drug-likeness (QED) is 0.357. The molecule has 1 amide bonds. The van der Waals surface area contributed by atoms with Crippen LogP contribution in [-0.4, -0.2) is 37.0 Å². The van der Waals surface area contributed by atoms with Crippen LogP contribution in [0.15, 0.2) is 53.3 Å². The molecule has 0 aliphatic heterocycles. The van der Waals surface area contributed by atoms with E-state index in [-0.39, 0.29) is 28.4 Å². The van der Waals surface area contributed by atoms with E-state index in [1.807, 2.05) is 6.92 Å². The minimum absolute atomic E-state index is 0.0782. The molecule has 11 nitrogen and oxygen atoms in total. The normalized spacial score (nSPS) is 10.9. The number of hydrogen-bond donors (Lipinski definition) is 2. The molecule has 2 aromatic carbocycles. The number of ether oxygens (including phenoxy) is 1. The molecule has 0 saturated heterocycles. The van der Waals surface area contributed by atoms with Gasteiger partial charge in [0.25, 0.3) is 11.6 Å². The number of primary amides is 1. The fraction of sp³-hybridized carbons (Fsp3) is 0.100. The van der Waals surface area contributed by atoms with Gasteiger partial charge in [-0.2, -0.15) is 0 Å². The Balaban J connectivity index is 2.00. The Bertz CT molecular complexity index is 1370. The number of H-pyrrole nitrogens is 1. The summed E-state index contributed by atoms with van der Waals surface area (Å²) in [5.41, 5.74) is 5.68. The molecule has 11 heteroatoms. The van der Waals surface area contributed by atoms with Crippen LogP contribution in [0, 0.1) is 10.1 Å². The molecular weight excluding hydrogens is 404 g/mol. The third-order valence-corrected chi connectivity index (χ3v) is 4.51. The van der Waals surface area contributed by atoms with Crippen molar-refractivity contribution in [1.29, 1.82) is 0 Å². The first-order valence-corrected chi connectivity index (χ1v) is 9.20. The highest BCUT2D eigenvalue weighted by atomic mass is 16.6. The fourth-order valence-electron chi connectivity index (χ4n) is 3.17. The highest BCUT2D eigenvalue weighted by Crippen LogP contribution is 2.27. The van der Waals surface area contributed by atoms with E-state index in [1.165, 1.54) is 28.8 Å². The van der Waals surface area contributed by atoms with Crippen molar-refractivity contribution in [3.63, 3.8) is 0 Å². The smallest absolute Gasteiger partial charge is 0.332 e. The first-order valence-electron chi connectivity index (χ1n) is 9.20. The van der Waals surface area contributed by atoms with Crippen LogP contribution in [0.1, 0.15) is 17.4 Å². The molecule has 156 valence electrons. The second kappa shape index (κ2) is 7.71. The van der Waals surface area contributed by atoms with Crippen molar-refractivity contribution in [3.05, 3.63) is 74.8 Å². The zero-order chi connectivity index (χ0) is 22.1. The van der Waals surface area contributed by atoms with Crippen LogP contribution in [0.25, 0.3) is 28.2 Å². The lowest BCUT2D eigenvalue weighted by atomic mass is 10.2. The Morgan fingerprint density at radius 1 is 1.19 bits per heavy atom. The van der Waals surface area contributed by atoms with Gasteiger partial charge in [-0.05, 0) is 31.2 Å². The van der Waals surface area contributed by atoms with Gasteiger partial charge in [0.05, 0.1) is 17.2 Å². The summed E-state index contributed by atoms with van der Waals surface area (Å²) < 4.78 is 6.89. The number of para-hydroxylation sites is 2. The molecule has 0 spiro atoms. The average molecular weight is 420 g/mol. The second-order valence-electron chi connectivity index (χ2n) is 6.43. The van der Waals surface area contributed by atoms with Gasteiger partial charge in [-0.15, -0.1) is 0 Å². The number of amides is 1. The maximum absolute atomic E-state index is 12.8. The van der Waals surface area contributed by atoms with Gasteiger partial charge in [0.2, 0.25) is 0 Å². The van der Waals surface area contributed by atoms with Crippen molar-refractivity contribution < 1.29 is 14.5 Å². The van der Waals surface area contributed by atoms with Crippen molar-refractivity contribution in [2.75, 3.05) is 6.61 Å². The number of aromatic amines is 1. The summed E-state index contributed by atoms with van der Waals surface area (Å²) in [5, 5.41) is 10.9. The molecule has 3 N–H and O–H groups in total. The van der Waals surface area contributed by atoms with Crippen molar-refractivity contribution in [2.24, 2.45) is 5.73 Å². The number of nitrogens with two attached hydrogens (primary N) is 1. The van der Waals surface area contributed by atoms with Crippen molar-refractivity contribution in [3.8, 4) is 22.8 Å². The lowest BCUT2D eigenvalue weighted by molar-refractivity contribution is -0.384. The van der Waals surface area contributed by atoms with Gasteiger partial charge in [0.15, 0.2) is 17.2 Å². The molecule has 0 atom stereocenters. The summed E-state index contributed by atoms with van der Waals surface area (Å²) in [7, 11) is 0. The fourth-order valence-corrected chi connectivity index (χ4v) is 3.17. The number of nitro groups is 1. The number of nitro benzene ring substituents is 1. The van der Waals surface area contributed by atoms with Crippen LogP contribution >= 0.6 is 0 Å². The van der Waals surface area contributed by atoms with E-state index in [1.54, 1.807) is 24.3 Å². The molecule has 0 fully saturated rings. The molecule has 0 aliphatic carbocycles. The summed E-state index contributed by atoms with van der Waals surface area (Å²) >= 11 is 0. The summed E-state index contributed by atoms with van der Waals surface area (Å²) in [6.07, 6.45) is 0. The first-order chi connectivity index (χ1) is 14.9. The molecule has 0 aliphatic rings. The zero-order valence-electron chi connectivity index (χ0n) is 16.2. The predicted molar refractivity (Wildman–Crippen MR) is 111 cm³/mol. The number of non-ortho nitro benzene ring substituents is 1. The van der Waals surface area contributed by atoms with E-state index < -0.39 is 16.5 Å². The summed E-state index contributed by atoms with van der Waals surface area (Å²) in [5.74, 6) is -0.330. The van der Waals surface area contributed by atoms with Crippen LogP contribution in [0.2, 0.25) is 0 Å². The molecule has 0 unspecified atom stereocenters. The number of nitrogens with zero attached hydrogens (tertiary/aromatic N) is 4. The van der Waals surface area contributed by atoms with Crippen LogP contribution in [0.3, 0.4) is 0 Å². The molecule has 0 saturated carbocycles. The minimum atomic E-state index is -0.859. The number of imidazole rings is 1. The molecule has 0 radical (unpaired) electrons. The van der Waals surface area contributed by atoms with E-state index in [4.69, 9.17) is 10.5 Å². The topological polar surface area (TPSA) is 159 Å². The molecule has 2 aromatic heterocycles. The van der Waals surface area contributed by atoms with Gasteiger partial charge in [-0.3, -0.25) is 14.9 Å². The van der Waals surface area contributed by atoms with Gasteiger partial charge in [0, 0.05) is 17.7 Å². The number of hydrogen-bond acceptors (Lipinski definition) is 7. The molecule has 4 aromatic rings. The van der Waals surface area contributed by atoms with E-state index >= 15 is 0 Å². The second-order valence-corrected chi connectivity index (χ2v) is 6.43. The van der Waals surface area contributed by atoms with Crippen molar-refractivity contribution in [1.82, 2.24) is 19.5 Å². The maximum Gasteiger partial charge on any atom is 0.332 e. The third-order valence-electron chi connectivity index (χ3n) is 4.51. The van der Waals surface area contributed by atoms with E-state index in [0.29, 0.717) is 23.6 Å². The molecule has 0 bridgehead atoms. The average Bonchev–Trinajstić information content (AvgIpc) is 3.09. The Kier molecular flexibility index (Phi) is 4.91. The van der Waals surface area contributed by atoms with Gasteiger partial charge in [0.1, 0.15) is 11.3 Å².